The van der Waals surface area contributed by atoms with Crippen molar-refractivity contribution in [2.75, 3.05) is 26.4 Å². The summed E-state index contributed by atoms with van der Waals surface area (Å²) in [5.74, 6) is 1.98. The molecule has 1 aromatic carbocycles. The monoisotopic (exact) mass is 308 g/mol. The Hall–Kier alpha value is -0.980. The highest BCUT2D eigenvalue weighted by Gasteiger charge is 2.02. The van der Waals surface area contributed by atoms with Gasteiger partial charge in [-0.05, 0) is 19.7 Å². The molecule has 0 amide bonds. The number of nitrogens with zero attached hydrogens (tertiary/aromatic N) is 4. The summed E-state index contributed by atoms with van der Waals surface area (Å²) in [5, 5.41) is 8.39. The van der Waals surface area contributed by atoms with E-state index in [0.29, 0.717) is 0 Å². The molecule has 2 rings (SSSR count). The van der Waals surface area contributed by atoms with Gasteiger partial charge in [0.05, 0.1) is 11.6 Å². The van der Waals surface area contributed by atoms with E-state index in [1.165, 1.54) is 5.56 Å². The van der Waals surface area contributed by atoms with Crippen LogP contribution >= 0.6 is 21.6 Å². The third kappa shape index (κ3) is 5.56. The molecule has 0 N–H and O–H groups in total. The van der Waals surface area contributed by atoms with Crippen LogP contribution in [-0.4, -0.2) is 46.3 Å². The summed E-state index contributed by atoms with van der Waals surface area (Å²) >= 11 is 0. The van der Waals surface area contributed by atoms with Gasteiger partial charge in [-0.3, -0.25) is 0 Å². The molecule has 4 nitrogen and oxygen atoms in total. The number of aromatic nitrogens is 3. The van der Waals surface area contributed by atoms with E-state index in [9.17, 15) is 0 Å². The number of benzene rings is 1. The van der Waals surface area contributed by atoms with E-state index >= 15 is 0 Å². The standard InChI is InChI=1S/C14H20N4S2/c1-17(2)8-9-19-20-12-18-11-14(15-16-18)10-13-6-4-3-5-7-13/h3-7,11H,8-10,12H2,1-2H3. The molecule has 1 heterocycles. The first-order chi connectivity index (χ1) is 9.74. The summed E-state index contributed by atoms with van der Waals surface area (Å²) in [6.45, 7) is 1.11. The lowest BCUT2D eigenvalue weighted by molar-refractivity contribution is 0.438. The predicted molar refractivity (Wildman–Crippen MR) is 87.9 cm³/mol. The van der Waals surface area contributed by atoms with Crippen LogP contribution in [0.15, 0.2) is 36.5 Å². The first-order valence-corrected chi connectivity index (χ1v) is 9.05. The molecule has 0 aliphatic carbocycles. The smallest absolute Gasteiger partial charge is 0.0983 e. The molecule has 0 unspecified atom stereocenters. The Morgan fingerprint density at radius 2 is 1.95 bits per heavy atom. The minimum Gasteiger partial charge on any atom is -0.309 e. The van der Waals surface area contributed by atoms with E-state index < -0.39 is 0 Å². The molecule has 2 aromatic rings. The van der Waals surface area contributed by atoms with E-state index in [0.717, 1.165) is 30.3 Å². The summed E-state index contributed by atoms with van der Waals surface area (Å²) < 4.78 is 1.91. The van der Waals surface area contributed by atoms with E-state index in [1.54, 1.807) is 0 Å². The highest BCUT2D eigenvalue weighted by Crippen LogP contribution is 2.22. The minimum atomic E-state index is 0.847. The molecule has 0 atom stereocenters. The van der Waals surface area contributed by atoms with Crippen LogP contribution in [0.3, 0.4) is 0 Å². The van der Waals surface area contributed by atoms with Gasteiger partial charge in [-0.1, -0.05) is 57.1 Å². The molecule has 0 aliphatic rings. The Labute approximate surface area is 128 Å². The van der Waals surface area contributed by atoms with Crippen LogP contribution < -0.4 is 0 Å². The molecule has 0 bridgehead atoms. The maximum Gasteiger partial charge on any atom is 0.0983 e. The Bertz CT molecular complexity index is 499. The number of hydrogen-bond acceptors (Lipinski definition) is 5. The van der Waals surface area contributed by atoms with Crippen LogP contribution in [0.4, 0.5) is 0 Å². The zero-order valence-corrected chi connectivity index (χ0v) is 13.5. The first kappa shape index (κ1) is 15.4. The van der Waals surface area contributed by atoms with E-state index in [2.05, 4.69) is 53.6 Å². The van der Waals surface area contributed by atoms with Gasteiger partial charge in [0.25, 0.3) is 0 Å². The molecule has 0 fully saturated rings. The Morgan fingerprint density at radius 3 is 2.70 bits per heavy atom. The van der Waals surface area contributed by atoms with Gasteiger partial charge in [0.15, 0.2) is 0 Å². The molecule has 20 heavy (non-hydrogen) atoms. The Morgan fingerprint density at radius 1 is 1.15 bits per heavy atom. The van der Waals surface area contributed by atoms with Crippen molar-refractivity contribution in [3.63, 3.8) is 0 Å². The third-order valence-corrected chi connectivity index (χ3v) is 4.91. The fourth-order valence-electron chi connectivity index (χ4n) is 1.66. The van der Waals surface area contributed by atoms with Gasteiger partial charge >= 0.3 is 0 Å². The van der Waals surface area contributed by atoms with Crippen LogP contribution in [0, 0.1) is 0 Å². The Kier molecular flexibility index (Phi) is 6.42. The molecule has 1 aromatic heterocycles. The molecule has 0 aliphatic heterocycles. The lowest BCUT2D eigenvalue weighted by atomic mass is 10.1. The fourth-order valence-corrected chi connectivity index (χ4v) is 3.65. The van der Waals surface area contributed by atoms with Gasteiger partial charge in [-0.15, -0.1) is 5.10 Å². The van der Waals surface area contributed by atoms with Gasteiger partial charge < -0.3 is 4.90 Å². The molecular weight excluding hydrogens is 288 g/mol. The number of hydrogen-bond donors (Lipinski definition) is 0. The summed E-state index contributed by atoms with van der Waals surface area (Å²) in [4.78, 5) is 2.20. The van der Waals surface area contributed by atoms with Gasteiger partial charge in [0.1, 0.15) is 0 Å². The summed E-state index contributed by atoms with van der Waals surface area (Å²) in [5.41, 5.74) is 2.29. The largest absolute Gasteiger partial charge is 0.309 e. The van der Waals surface area contributed by atoms with Crippen molar-refractivity contribution in [1.82, 2.24) is 19.9 Å². The second-order valence-electron chi connectivity index (χ2n) is 4.78. The quantitative estimate of drug-likeness (QED) is 0.553. The average Bonchev–Trinajstić information content (AvgIpc) is 2.87. The number of rotatable bonds is 8. The van der Waals surface area contributed by atoms with Crippen molar-refractivity contribution in [2.24, 2.45) is 0 Å². The molecule has 108 valence electrons. The predicted octanol–water partition coefficient (Wildman–Crippen LogP) is 2.77. The van der Waals surface area contributed by atoms with Crippen molar-refractivity contribution in [3.8, 4) is 0 Å². The maximum atomic E-state index is 4.22. The molecule has 0 spiro atoms. The third-order valence-electron chi connectivity index (χ3n) is 2.70. The van der Waals surface area contributed by atoms with Crippen molar-refractivity contribution >= 4 is 21.6 Å². The molecule has 0 saturated carbocycles. The maximum absolute atomic E-state index is 4.22. The fraction of sp³-hybridized carbons (Fsp3) is 0.429. The second kappa shape index (κ2) is 8.34. The zero-order chi connectivity index (χ0) is 14.2. The van der Waals surface area contributed by atoms with Crippen molar-refractivity contribution < 1.29 is 0 Å². The van der Waals surface area contributed by atoms with Crippen LogP contribution in [0.25, 0.3) is 0 Å². The lowest BCUT2D eigenvalue weighted by Gasteiger charge is -2.07. The van der Waals surface area contributed by atoms with Crippen LogP contribution in [0.5, 0.6) is 0 Å². The van der Waals surface area contributed by atoms with Crippen LogP contribution in [0.2, 0.25) is 0 Å². The molecule has 0 radical (unpaired) electrons. The summed E-state index contributed by atoms with van der Waals surface area (Å²) in [6, 6.07) is 10.4. The van der Waals surface area contributed by atoms with E-state index in [-0.39, 0.29) is 0 Å². The SMILES string of the molecule is CN(C)CCSSCn1cc(Cc2ccccc2)nn1. The Balaban J connectivity index is 1.72. The highest BCUT2D eigenvalue weighted by molar-refractivity contribution is 8.76. The molecule has 6 heteroatoms. The van der Waals surface area contributed by atoms with Crippen LogP contribution in [-0.2, 0) is 12.3 Å². The van der Waals surface area contributed by atoms with Crippen LogP contribution in [0.1, 0.15) is 11.3 Å². The van der Waals surface area contributed by atoms with Crippen molar-refractivity contribution in [3.05, 3.63) is 47.8 Å². The topological polar surface area (TPSA) is 34.0 Å². The average molecular weight is 308 g/mol. The molecular formula is C14H20N4S2. The van der Waals surface area contributed by atoms with E-state index in [1.807, 2.05) is 38.5 Å². The van der Waals surface area contributed by atoms with Crippen molar-refractivity contribution in [2.45, 2.75) is 12.3 Å². The second-order valence-corrected chi connectivity index (χ2v) is 7.34. The van der Waals surface area contributed by atoms with Crippen molar-refractivity contribution in [1.29, 1.82) is 0 Å². The zero-order valence-electron chi connectivity index (χ0n) is 11.9. The summed E-state index contributed by atoms with van der Waals surface area (Å²) in [6.07, 6.45) is 2.88. The minimum absolute atomic E-state index is 0.847. The van der Waals surface area contributed by atoms with Gasteiger partial charge in [0, 0.05) is 24.9 Å². The normalized spacial score (nSPS) is 11.2. The van der Waals surface area contributed by atoms with Gasteiger partial charge in [-0.25, -0.2) is 4.68 Å². The van der Waals surface area contributed by atoms with E-state index in [4.69, 9.17) is 0 Å². The lowest BCUT2D eigenvalue weighted by Crippen LogP contribution is -2.14. The van der Waals surface area contributed by atoms with Gasteiger partial charge in [-0.2, -0.15) is 0 Å². The highest BCUT2D eigenvalue weighted by atomic mass is 33.1. The summed E-state index contributed by atoms with van der Waals surface area (Å²) in [7, 11) is 7.89. The van der Waals surface area contributed by atoms with Gasteiger partial charge in [0.2, 0.25) is 0 Å². The first-order valence-electron chi connectivity index (χ1n) is 6.56. The molecule has 0 saturated heterocycles.